The van der Waals surface area contributed by atoms with Crippen LogP contribution in [0.3, 0.4) is 0 Å². The van der Waals surface area contributed by atoms with Crippen LogP contribution in [-0.4, -0.2) is 56.2 Å². The number of amidine groups is 1. The van der Waals surface area contributed by atoms with Crippen molar-refractivity contribution in [3.63, 3.8) is 0 Å². The summed E-state index contributed by atoms with van der Waals surface area (Å²) in [5.74, 6) is 0.301. The maximum Gasteiger partial charge on any atom is 0.239 e. The number of rotatable bonds is 5. The number of halogens is 2. The van der Waals surface area contributed by atoms with Gasteiger partial charge in [-0.05, 0) is 19.1 Å². The fraction of sp³-hybridized carbons (Fsp3) is 0.500. The number of sulfonamides is 1. The van der Waals surface area contributed by atoms with Crippen molar-refractivity contribution in [2.24, 2.45) is 10.1 Å². The lowest BCUT2D eigenvalue weighted by Gasteiger charge is -2.31. The van der Waals surface area contributed by atoms with Gasteiger partial charge in [-0.1, -0.05) is 29.4 Å². The molecule has 0 aliphatic carbocycles. The van der Waals surface area contributed by atoms with Gasteiger partial charge < -0.3 is 14.7 Å². The molecule has 7 nitrogen and oxygen atoms in total. The van der Waals surface area contributed by atoms with Crippen molar-refractivity contribution in [2.75, 3.05) is 26.5 Å². The fourth-order valence-corrected chi connectivity index (χ4v) is 4.47. The van der Waals surface area contributed by atoms with Crippen LogP contribution >= 0.6 is 40.3 Å². The highest BCUT2D eigenvalue weighted by molar-refractivity contribution is 8.93. The van der Waals surface area contributed by atoms with Gasteiger partial charge in [0.25, 0.3) is 0 Å². The number of methoxy groups -OCH3 is 1. The standard InChI is InChI=1S/C14H20ClN3O4S2.BrH/c1-9(22-3)7-17-13-18(2)14(19,8-23-13)10-4-5-11(15)12(6-10)24(16,20)21;/h4-6,9,19H,7-8H2,1-3H3,(H2,16,20,21);1H. The smallest absolute Gasteiger partial charge is 0.239 e. The predicted molar refractivity (Wildman–Crippen MR) is 106 cm³/mol. The van der Waals surface area contributed by atoms with Crippen LogP contribution in [0.15, 0.2) is 28.1 Å². The lowest BCUT2D eigenvalue weighted by molar-refractivity contribution is -0.0351. The van der Waals surface area contributed by atoms with E-state index in [0.29, 0.717) is 23.0 Å². The first-order valence-electron chi connectivity index (χ1n) is 7.08. The summed E-state index contributed by atoms with van der Waals surface area (Å²) in [5.41, 5.74) is -1.01. The van der Waals surface area contributed by atoms with Gasteiger partial charge in [0.1, 0.15) is 4.90 Å². The topological polar surface area (TPSA) is 105 Å². The second-order valence-corrected chi connectivity index (χ2v) is 8.40. The van der Waals surface area contributed by atoms with Crippen molar-refractivity contribution in [2.45, 2.75) is 23.6 Å². The molecule has 0 saturated carbocycles. The van der Waals surface area contributed by atoms with E-state index in [1.54, 1.807) is 25.1 Å². The monoisotopic (exact) mass is 473 g/mol. The average molecular weight is 475 g/mol. The first-order valence-corrected chi connectivity index (χ1v) is 9.99. The largest absolute Gasteiger partial charge is 0.380 e. The second kappa shape index (κ2) is 8.55. The lowest BCUT2D eigenvalue weighted by Crippen LogP contribution is -2.42. The SMILES string of the molecule is Br.COC(C)CN=C1SCC(O)(c2ccc(Cl)c(S(N)(=O)=O)c2)N1C. The van der Waals surface area contributed by atoms with Crippen molar-refractivity contribution >= 4 is 55.5 Å². The van der Waals surface area contributed by atoms with Crippen LogP contribution in [0.25, 0.3) is 0 Å². The molecule has 1 heterocycles. The Labute approximate surface area is 167 Å². The summed E-state index contributed by atoms with van der Waals surface area (Å²) >= 11 is 7.28. The molecular formula is C14H21BrClN3O4S2. The number of primary sulfonamides is 1. The number of nitrogens with zero attached hydrogens (tertiary/aromatic N) is 2. The van der Waals surface area contributed by atoms with Crippen LogP contribution in [0.4, 0.5) is 0 Å². The zero-order valence-corrected chi connectivity index (χ0v) is 18.1. The summed E-state index contributed by atoms with van der Waals surface area (Å²) in [7, 11) is -0.681. The number of hydrogen-bond donors (Lipinski definition) is 2. The molecule has 1 saturated heterocycles. The molecule has 142 valence electrons. The van der Waals surface area contributed by atoms with Gasteiger partial charge in [0.2, 0.25) is 10.0 Å². The van der Waals surface area contributed by atoms with Crippen LogP contribution in [0.1, 0.15) is 12.5 Å². The number of ether oxygens (including phenoxy) is 1. The van der Waals surface area contributed by atoms with Gasteiger partial charge in [0, 0.05) is 19.7 Å². The molecule has 11 heteroatoms. The molecule has 1 aliphatic rings. The Morgan fingerprint density at radius 2 is 2.20 bits per heavy atom. The Balaban J connectivity index is 0.00000312. The van der Waals surface area contributed by atoms with E-state index in [9.17, 15) is 13.5 Å². The van der Waals surface area contributed by atoms with Gasteiger partial charge in [-0.2, -0.15) is 0 Å². The van der Waals surface area contributed by atoms with E-state index in [1.807, 2.05) is 6.92 Å². The van der Waals surface area contributed by atoms with Crippen molar-refractivity contribution in [3.05, 3.63) is 28.8 Å². The molecule has 2 atom stereocenters. The summed E-state index contributed by atoms with van der Waals surface area (Å²) < 4.78 is 28.4. The Hall–Kier alpha value is -0.360. The van der Waals surface area contributed by atoms with E-state index < -0.39 is 15.7 Å². The molecule has 3 N–H and O–H groups in total. The Bertz CT molecular complexity index is 762. The molecular weight excluding hydrogens is 454 g/mol. The normalized spacial score (nSPS) is 23.6. The van der Waals surface area contributed by atoms with E-state index in [2.05, 4.69) is 4.99 Å². The molecule has 0 spiro atoms. The highest BCUT2D eigenvalue weighted by atomic mass is 79.9. The highest BCUT2D eigenvalue weighted by Crippen LogP contribution is 2.39. The third-order valence-electron chi connectivity index (χ3n) is 3.83. The minimum atomic E-state index is -3.98. The molecule has 0 radical (unpaired) electrons. The molecule has 0 bridgehead atoms. The van der Waals surface area contributed by atoms with Crippen LogP contribution in [0.2, 0.25) is 5.02 Å². The second-order valence-electron chi connectivity index (χ2n) is 5.52. The van der Waals surface area contributed by atoms with E-state index >= 15 is 0 Å². The number of aliphatic imine (C=N–C) groups is 1. The molecule has 1 aromatic rings. The Morgan fingerprint density at radius 3 is 2.76 bits per heavy atom. The summed E-state index contributed by atoms with van der Waals surface area (Å²) in [6, 6.07) is 4.29. The molecule has 2 unspecified atom stereocenters. The number of thioether (sulfide) groups is 1. The minimum Gasteiger partial charge on any atom is -0.380 e. The van der Waals surface area contributed by atoms with E-state index in [4.69, 9.17) is 21.5 Å². The average Bonchev–Trinajstić information content (AvgIpc) is 2.80. The third kappa shape index (κ3) is 4.88. The van der Waals surface area contributed by atoms with Crippen molar-refractivity contribution in [1.29, 1.82) is 0 Å². The van der Waals surface area contributed by atoms with E-state index in [0.717, 1.165) is 0 Å². The number of nitrogens with two attached hydrogens (primary N) is 1. The van der Waals surface area contributed by atoms with Gasteiger partial charge in [-0.25, -0.2) is 13.6 Å². The number of benzene rings is 1. The maximum absolute atomic E-state index is 11.6. The quantitative estimate of drug-likeness (QED) is 0.674. The summed E-state index contributed by atoms with van der Waals surface area (Å²) in [6.45, 7) is 2.36. The summed E-state index contributed by atoms with van der Waals surface area (Å²) in [4.78, 5) is 5.83. The molecule has 1 aliphatic heterocycles. The lowest BCUT2D eigenvalue weighted by atomic mass is 10.0. The molecule has 1 aromatic carbocycles. The van der Waals surface area contributed by atoms with Crippen LogP contribution in [-0.2, 0) is 20.5 Å². The summed E-state index contributed by atoms with van der Waals surface area (Å²) in [5, 5.41) is 16.9. The van der Waals surface area contributed by atoms with Crippen LogP contribution < -0.4 is 5.14 Å². The van der Waals surface area contributed by atoms with Crippen molar-refractivity contribution in [3.8, 4) is 0 Å². The first kappa shape index (κ1) is 22.7. The van der Waals surface area contributed by atoms with Crippen molar-refractivity contribution in [1.82, 2.24) is 4.90 Å². The van der Waals surface area contributed by atoms with E-state index in [1.165, 1.54) is 23.9 Å². The minimum absolute atomic E-state index is 0. The van der Waals surface area contributed by atoms with Gasteiger partial charge in [-0.15, -0.1) is 17.0 Å². The maximum atomic E-state index is 11.6. The molecule has 0 amide bonds. The van der Waals surface area contributed by atoms with E-state index in [-0.39, 0.29) is 33.0 Å². The first-order chi connectivity index (χ1) is 11.1. The molecule has 2 rings (SSSR count). The number of aliphatic hydroxyl groups is 1. The third-order valence-corrected chi connectivity index (χ3v) is 6.43. The summed E-state index contributed by atoms with van der Waals surface area (Å²) in [6.07, 6.45) is -0.0373. The van der Waals surface area contributed by atoms with Crippen molar-refractivity contribution < 1.29 is 18.3 Å². The van der Waals surface area contributed by atoms with Gasteiger partial charge in [0.05, 0.1) is 23.4 Å². The molecule has 1 fully saturated rings. The zero-order valence-electron chi connectivity index (χ0n) is 14.0. The Kier molecular flexibility index (Phi) is 7.76. The van der Waals surface area contributed by atoms with Gasteiger partial charge >= 0.3 is 0 Å². The van der Waals surface area contributed by atoms with Crippen LogP contribution in [0.5, 0.6) is 0 Å². The molecule has 0 aromatic heterocycles. The predicted octanol–water partition coefficient (Wildman–Crippen LogP) is 1.78. The zero-order chi connectivity index (χ0) is 18.1. The fourth-order valence-electron chi connectivity index (χ4n) is 2.20. The van der Waals surface area contributed by atoms with Crippen LogP contribution in [0, 0.1) is 0 Å². The van der Waals surface area contributed by atoms with Gasteiger partial charge in [0.15, 0.2) is 10.9 Å². The number of hydrogen-bond acceptors (Lipinski definition) is 6. The van der Waals surface area contributed by atoms with Gasteiger partial charge in [-0.3, -0.25) is 4.99 Å². The highest BCUT2D eigenvalue weighted by Gasteiger charge is 2.43. The molecule has 25 heavy (non-hydrogen) atoms. The Morgan fingerprint density at radius 1 is 1.56 bits per heavy atom.